The molecule has 3 rings (SSSR count). The van der Waals surface area contributed by atoms with Gasteiger partial charge < -0.3 is 9.57 Å². The summed E-state index contributed by atoms with van der Waals surface area (Å²) in [6.45, 7) is 3.92. The minimum Gasteiger partial charge on any atom is -0.466 e. The van der Waals surface area contributed by atoms with Crippen LogP contribution >= 0.6 is 0 Å². The van der Waals surface area contributed by atoms with E-state index in [1.54, 1.807) is 24.3 Å². The number of ether oxygens (including phenoxy) is 1. The van der Waals surface area contributed by atoms with Crippen LogP contribution in [-0.4, -0.2) is 30.2 Å². The van der Waals surface area contributed by atoms with Crippen LogP contribution in [0.1, 0.15) is 24.2 Å². The third kappa shape index (κ3) is 1.66. The molecule has 0 unspecified atom stereocenters. The maximum absolute atomic E-state index is 12.6. The van der Waals surface area contributed by atoms with Crippen molar-refractivity contribution in [1.29, 1.82) is 0 Å². The van der Waals surface area contributed by atoms with Crippen LogP contribution in [0.2, 0.25) is 0 Å². The first-order chi connectivity index (χ1) is 10.0. The summed E-state index contributed by atoms with van der Waals surface area (Å²) in [6.07, 6.45) is 0. The van der Waals surface area contributed by atoms with E-state index >= 15 is 0 Å². The lowest BCUT2D eigenvalue weighted by Gasteiger charge is -2.50. The average Bonchev–Trinajstić information content (AvgIpc) is 2.90. The lowest BCUT2D eigenvalue weighted by Crippen LogP contribution is -2.66. The zero-order valence-corrected chi connectivity index (χ0v) is 12.2. The number of esters is 1. The second-order valence-corrected chi connectivity index (χ2v) is 5.67. The van der Waals surface area contributed by atoms with Crippen LogP contribution in [-0.2, 0) is 14.4 Å². The molecule has 1 fully saturated rings. The van der Waals surface area contributed by atoms with E-state index in [9.17, 15) is 9.59 Å². The summed E-state index contributed by atoms with van der Waals surface area (Å²) >= 11 is 0. The minimum atomic E-state index is -1.13. The Bertz CT molecular complexity index is 624. The molecule has 0 N–H and O–H groups in total. The van der Waals surface area contributed by atoms with Crippen LogP contribution in [0.5, 0.6) is 0 Å². The fraction of sp³-hybridized carbons (Fsp3) is 0.438. The summed E-state index contributed by atoms with van der Waals surface area (Å²) in [4.78, 5) is 30.1. The van der Waals surface area contributed by atoms with Gasteiger partial charge in [0.2, 0.25) is 11.4 Å². The molecule has 5 heteroatoms. The molecule has 0 amide bonds. The first kappa shape index (κ1) is 13.8. The highest BCUT2D eigenvalue weighted by atomic mass is 16.7. The van der Waals surface area contributed by atoms with Crippen molar-refractivity contribution in [2.75, 3.05) is 7.11 Å². The molecule has 1 aliphatic heterocycles. The van der Waals surface area contributed by atoms with Gasteiger partial charge in [0, 0.05) is 11.5 Å². The van der Waals surface area contributed by atoms with E-state index in [2.05, 4.69) is 5.16 Å². The number of nitrogens with zero attached hydrogens (tertiary/aromatic N) is 1. The lowest BCUT2D eigenvalue weighted by atomic mass is 9.53. The molecule has 1 aliphatic carbocycles. The number of Topliss-reactive ketones (excluding diaryl/α,β-unsaturated/α-hetero) is 1. The van der Waals surface area contributed by atoms with Gasteiger partial charge in [-0.1, -0.05) is 49.3 Å². The number of carbonyl (C=O) groups is 2. The fourth-order valence-electron chi connectivity index (χ4n) is 3.44. The van der Waals surface area contributed by atoms with Gasteiger partial charge in [0.05, 0.1) is 13.0 Å². The molecule has 1 aromatic carbocycles. The Morgan fingerprint density at radius 1 is 1.24 bits per heavy atom. The second-order valence-electron chi connectivity index (χ2n) is 5.67. The molecule has 2 aliphatic rings. The standard InChI is InChI=1S/C16H17NO4/c1-9-10(2)16(15(19)20-3)12(9)13(17-21-16)14(18)11-7-5-4-6-8-11/h4-10,12H,1-3H3/t9-,10+,12-,16-/m1/s1. The fourth-order valence-corrected chi connectivity index (χ4v) is 3.44. The molecule has 4 atom stereocenters. The number of methoxy groups -OCH3 is 1. The highest BCUT2D eigenvalue weighted by Gasteiger charge is 2.72. The second kappa shape index (κ2) is 4.69. The Balaban J connectivity index is 1.94. The Labute approximate surface area is 122 Å². The zero-order chi connectivity index (χ0) is 15.2. The van der Waals surface area contributed by atoms with Gasteiger partial charge in [0.15, 0.2) is 0 Å². The smallest absolute Gasteiger partial charge is 0.354 e. The molecule has 0 saturated heterocycles. The highest BCUT2D eigenvalue weighted by Crippen LogP contribution is 2.56. The van der Waals surface area contributed by atoms with E-state index in [-0.39, 0.29) is 23.5 Å². The van der Waals surface area contributed by atoms with Crippen LogP contribution in [0, 0.1) is 17.8 Å². The minimum absolute atomic E-state index is 0.0419. The summed E-state index contributed by atoms with van der Waals surface area (Å²) in [7, 11) is 1.32. The molecule has 21 heavy (non-hydrogen) atoms. The predicted octanol–water partition coefficient (Wildman–Crippen LogP) is 2.07. The number of rotatable bonds is 3. The van der Waals surface area contributed by atoms with Gasteiger partial charge in [0.1, 0.15) is 5.71 Å². The normalized spacial score (nSPS) is 33.3. The highest BCUT2D eigenvalue weighted by molar-refractivity contribution is 6.47. The van der Waals surface area contributed by atoms with E-state index < -0.39 is 11.6 Å². The van der Waals surface area contributed by atoms with Crippen LogP contribution < -0.4 is 0 Å². The average molecular weight is 287 g/mol. The third-order valence-corrected chi connectivity index (χ3v) is 4.82. The number of hydrogen-bond donors (Lipinski definition) is 0. The van der Waals surface area contributed by atoms with E-state index in [1.807, 2.05) is 19.9 Å². The number of fused-ring (bicyclic) bond motifs is 1. The number of oxime groups is 1. The van der Waals surface area contributed by atoms with Gasteiger partial charge in [-0.3, -0.25) is 4.79 Å². The Kier molecular flexibility index (Phi) is 3.08. The van der Waals surface area contributed by atoms with Crippen LogP contribution in [0.4, 0.5) is 0 Å². The molecule has 110 valence electrons. The first-order valence-corrected chi connectivity index (χ1v) is 6.98. The van der Waals surface area contributed by atoms with Gasteiger partial charge in [-0.05, 0) is 5.92 Å². The monoisotopic (exact) mass is 287 g/mol. The molecule has 0 radical (unpaired) electrons. The summed E-state index contributed by atoms with van der Waals surface area (Å²) < 4.78 is 4.86. The van der Waals surface area contributed by atoms with Gasteiger partial charge in [-0.15, -0.1) is 0 Å². The number of ketones is 1. The Morgan fingerprint density at radius 2 is 1.90 bits per heavy atom. The topological polar surface area (TPSA) is 65.0 Å². The molecular weight excluding hydrogens is 270 g/mol. The molecule has 1 heterocycles. The van der Waals surface area contributed by atoms with Crippen molar-refractivity contribution in [3.05, 3.63) is 35.9 Å². The quantitative estimate of drug-likeness (QED) is 0.630. The van der Waals surface area contributed by atoms with Crippen molar-refractivity contribution in [3.63, 3.8) is 0 Å². The van der Waals surface area contributed by atoms with Crippen molar-refractivity contribution in [3.8, 4) is 0 Å². The first-order valence-electron chi connectivity index (χ1n) is 6.98. The summed E-state index contributed by atoms with van der Waals surface area (Å²) in [6, 6.07) is 8.90. The Hall–Kier alpha value is -2.17. The molecule has 0 aromatic heterocycles. The summed E-state index contributed by atoms with van der Waals surface area (Å²) in [5.41, 5.74) is -0.266. The molecule has 1 aromatic rings. The maximum atomic E-state index is 12.6. The molecule has 0 spiro atoms. The SMILES string of the molecule is COC(=O)[C@]12ON=C(C(=O)c3ccccc3)[C@H]1[C@H](C)[C@@H]2C. The van der Waals surface area contributed by atoms with E-state index in [0.717, 1.165) is 0 Å². The summed E-state index contributed by atoms with van der Waals surface area (Å²) in [5, 5.41) is 3.94. The number of carbonyl (C=O) groups excluding carboxylic acids is 2. The molecule has 1 saturated carbocycles. The molecule has 5 nitrogen and oxygen atoms in total. The largest absolute Gasteiger partial charge is 0.466 e. The van der Waals surface area contributed by atoms with E-state index in [1.165, 1.54) is 7.11 Å². The van der Waals surface area contributed by atoms with E-state index in [0.29, 0.717) is 11.3 Å². The maximum Gasteiger partial charge on any atom is 0.354 e. The third-order valence-electron chi connectivity index (χ3n) is 4.82. The van der Waals surface area contributed by atoms with Gasteiger partial charge in [-0.25, -0.2) is 4.79 Å². The lowest BCUT2D eigenvalue weighted by molar-refractivity contribution is -0.210. The van der Waals surface area contributed by atoms with Crippen LogP contribution in [0.3, 0.4) is 0 Å². The van der Waals surface area contributed by atoms with Crippen LogP contribution in [0.15, 0.2) is 35.5 Å². The van der Waals surface area contributed by atoms with Crippen molar-refractivity contribution in [1.82, 2.24) is 0 Å². The molecular formula is C16H17NO4. The van der Waals surface area contributed by atoms with Crippen molar-refractivity contribution in [2.45, 2.75) is 19.4 Å². The summed E-state index contributed by atoms with van der Waals surface area (Å²) in [5.74, 6) is -0.895. The Morgan fingerprint density at radius 3 is 2.52 bits per heavy atom. The van der Waals surface area contributed by atoms with Gasteiger partial charge in [-0.2, -0.15) is 0 Å². The van der Waals surface area contributed by atoms with Crippen LogP contribution in [0.25, 0.3) is 0 Å². The number of hydrogen-bond acceptors (Lipinski definition) is 5. The van der Waals surface area contributed by atoms with Crippen molar-refractivity contribution >= 4 is 17.5 Å². The number of benzene rings is 1. The van der Waals surface area contributed by atoms with Gasteiger partial charge in [0.25, 0.3) is 0 Å². The van der Waals surface area contributed by atoms with E-state index in [4.69, 9.17) is 9.57 Å². The van der Waals surface area contributed by atoms with Crippen molar-refractivity contribution < 1.29 is 19.2 Å². The molecule has 0 bridgehead atoms. The van der Waals surface area contributed by atoms with Gasteiger partial charge >= 0.3 is 5.97 Å². The predicted molar refractivity (Wildman–Crippen MR) is 75.9 cm³/mol. The zero-order valence-electron chi connectivity index (χ0n) is 12.2. The van der Waals surface area contributed by atoms with Crippen molar-refractivity contribution in [2.24, 2.45) is 22.9 Å².